The van der Waals surface area contributed by atoms with Crippen molar-refractivity contribution in [3.63, 3.8) is 0 Å². The lowest BCUT2D eigenvalue weighted by atomic mass is 10.0. The SMILES string of the molecule is COCCn1ccc(-c2cc(-c3cnc4nn(C)cc4c3)nc3sc([S@+]([O-])CCOC)c(N)c23)n1. The van der Waals surface area contributed by atoms with Crippen LogP contribution in [0.15, 0.2) is 41.0 Å². The van der Waals surface area contributed by atoms with E-state index in [-0.39, 0.29) is 0 Å². The van der Waals surface area contributed by atoms with Gasteiger partial charge in [0.15, 0.2) is 5.65 Å². The summed E-state index contributed by atoms with van der Waals surface area (Å²) in [5, 5.41) is 10.8. The first-order chi connectivity index (χ1) is 17.0. The third-order valence-corrected chi connectivity index (χ3v) is 8.43. The number of nitrogens with zero attached hydrogens (tertiary/aromatic N) is 6. The van der Waals surface area contributed by atoms with Gasteiger partial charge in [0.1, 0.15) is 16.3 Å². The van der Waals surface area contributed by atoms with Crippen molar-refractivity contribution < 1.29 is 14.0 Å². The third kappa shape index (κ3) is 4.62. The molecule has 0 radical (unpaired) electrons. The molecule has 5 aromatic rings. The minimum Gasteiger partial charge on any atom is -0.611 e. The quantitative estimate of drug-likeness (QED) is 0.299. The summed E-state index contributed by atoms with van der Waals surface area (Å²) in [6.45, 7) is 1.56. The zero-order valence-electron chi connectivity index (χ0n) is 19.6. The summed E-state index contributed by atoms with van der Waals surface area (Å²) in [6.07, 6.45) is 5.59. The minimum absolute atomic E-state index is 0.364. The number of anilines is 1. The van der Waals surface area contributed by atoms with Crippen LogP contribution in [0.1, 0.15) is 0 Å². The molecule has 0 amide bonds. The highest BCUT2D eigenvalue weighted by Crippen LogP contribution is 2.43. The molecule has 12 heteroatoms. The molecule has 0 unspecified atom stereocenters. The van der Waals surface area contributed by atoms with Crippen molar-refractivity contribution >= 4 is 49.5 Å². The maximum Gasteiger partial charge on any atom is 0.232 e. The van der Waals surface area contributed by atoms with Gasteiger partial charge in [-0.1, -0.05) is 11.3 Å². The average molecular weight is 512 g/mol. The number of thiophene rings is 1. The molecule has 10 nitrogen and oxygen atoms in total. The predicted molar refractivity (Wildman–Crippen MR) is 138 cm³/mol. The van der Waals surface area contributed by atoms with Crippen LogP contribution in [0.2, 0.25) is 0 Å². The molecule has 35 heavy (non-hydrogen) atoms. The summed E-state index contributed by atoms with van der Waals surface area (Å²) in [7, 11) is 5.11. The highest BCUT2D eigenvalue weighted by molar-refractivity contribution is 7.93. The van der Waals surface area contributed by atoms with Gasteiger partial charge in [0, 0.05) is 72.9 Å². The molecule has 5 heterocycles. The lowest BCUT2D eigenvalue weighted by Crippen LogP contribution is -2.11. The molecule has 0 aliphatic rings. The fourth-order valence-electron chi connectivity index (χ4n) is 3.86. The fraction of sp³-hybridized carbons (Fsp3) is 0.304. The monoisotopic (exact) mass is 511 g/mol. The Hall–Kier alpha value is -3.03. The van der Waals surface area contributed by atoms with E-state index in [0.717, 1.165) is 33.3 Å². The van der Waals surface area contributed by atoms with Crippen LogP contribution < -0.4 is 5.73 Å². The molecule has 0 aromatic carbocycles. The number of aryl methyl sites for hydroxylation is 1. The van der Waals surface area contributed by atoms with Gasteiger partial charge in [0.05, 0.1) is 31.1 Å². The Kier molecular flexibility index (Phi) is 6.71. The van der Waals surface area contributed by atoms with Crippen molar-refractivity contribution in [2.24, 2.45) is 7.05 Å². The lowest BCUT2D eigenvalue weighted by molar-refractivity contribution is 0.183. The van der Waals surface area contributed by atoms with Gasteiger partial charge in [-0.3, -0.25) is 9.36 Å². The number of nitrogens with two attached hydrogens (primary N) is 1. The number of hydrogen-bond acceptors (Lipinski definition) is 9. The zero-order valence-corrected chi connectivity index (χ0v) is 21.2. The molecule has 0 aliphatic heterocycles. The molecule has 0 saturated heterocycles. The van der Waals surface area contributed by atoms with E-state index in [1.54, 1.807) is 25.1 Å². The topological polar surface area (TPSA) is 129 Å². The normalized spacial score (nSPS) is 12.7. The number of methoxy groups -OCH3 is 2. The number of aromatic nitrogens is 6. The van der Waals surface area contributed by atoms with Gasteiger partial charge in [-0.2, -0.15) is 10.2 Å². The van der Waals surface area contributed by atoms with E-state index < -0.39 is 11.2 Å². The first kappa shape index (κ1) is 23.7. The second kappa shape index (κ2) is 9.91. The highest BCUT2D eigenvalue weighted by atomic mass is 32.2. The van der Waals surface area contributed by atoms with E-state index in [4.69, 9.17) is 25.3 Å². The van der Waals surface area contributed by atoms with E-state index in [2.05, 4.69) is 10.1 Å². The van der Waals surface area contributed by atoms with Crippen molar-refractivity contribution in [3.05, 3.63) is 36.8 Å². The molecule has 5 aromatic heterocycles. The standard InChI is InChI=1S/C23H25N7O3S2/c1-29-13-15-10-14(12-25-21(15)28-29)18-11-16(17-4-5-30(27-17)6-7-32-2)19-20(24)23(34-22(19)26-18)35(31)9-8-33-3/h4-5,10-13H,6-9,24H2,1-3H3/t35-/m1/s1. The van der Waals surface area contributed by atoms with Gasteiger partial charge in [-0.15, -0.1) is 0 Å². The van der Waals surface area contributed by atoms with Crippen molar-refractivity contribution in [1.82, 2.24) is 29.5 Å². The van der Waals surface area contributed by atoms with E-state index in [1.807, 2.05) is 42.3 Å². The van der Waals surface area contributed by atoms with E-state index >= 15 is 0 Å². The maximum absolute atomic E-state index is 12.9. The number of hydrogen-bond donors (Lipinski definition) is 1. The predicted octanol–water partition coefficient (Wildman–Crippen LogP) is 3.09. The van der Waals surface area contributed by atoms with Crippen LogP contribution in [0.4, 0.5) is 5.69 Å². The Labute approximate surface area is 208 Å². The molecule has 0 bridgehead atoms. The van der Waals surface area contributed by atoms with Crippen LogP contribution in [0.3, 0.4) is 0 Å². The molecule has 1 atom stereocenters. The summed E-state index contributed by atoms with van der Waals surface area (Å²) < 4.78 is 27.4. The number of fused-ring (bicyclic) bond motifs is 2. The van der Waals surface area contributed by atoms with Crippen molar-refractivity contribution in [3.8, 4) is 22.5 Å². The molecular weight excluding hydrogens is 486 g/mol. The Morgan fingerprint density at radius 3 is 2.77 bits per heavy atom. The molecule has 0 spiro atoms. The first-order valence-corrected chi connectivity index (χ1v) is 13.0. The van der Waals surface area contributed by atoms with Crippen molar-refractivity contribution in [2.75, 3.05) is 38.9 Å². The first-order valence-electron chi connectivity index (χ1n) is 10.9. The molecule has 2 N–H and O–H groups in total. The van der Waals surface area contributed by atoms with Gasteiger partial charge < -0.3 is 19.8 Å². The molecule has 5 rings (SSSR count). The van der Waals surface area contributed by atoms with Gasteiger partial charge in [-0.25, -0.2) is 9.97 Å². The van der Waals surface area contributed by atoms with Crippen LogP contribution in [-0.2, 0) is 34.2 Å². The Morgan fingerprint density at radius 2 is 1.97 bits per heavy atom. The van der Waals surface area contributed by atoms with Gasteiger partial charge in [0.25, 0.3) is 0 Å². The third-order valence-electron chi connectivity index (χ3n) is 5.55. The van der Waals surface area contributed by atoms with E-state index in [9.17, 15) is 4.55 Å². The summed E-state index contributed by atoms with van der Waals surface area (Å²) in [5.41, 5.74) is 10.9. The van der Waals surface area contributed by atoms with Gasteiger partial charge >= 0.3 is 0 Å². The minimum atomic E-state index is -1.30. The zero-order chi connectivity index (χ0) is 24.5. The van der Waals surface area contributed by atoms with Crippen LogP contribution in [0, 0.1) is 0 Å². The fourth-order valence-corrected chi connectivity index (χ4v) is 6.42. The second-order valence-electron chi connectivity index (χ2n) is 7.98. The number of ether oxygens (including phenoxy) is 2. The second-order valence-corrected chi connectivity index (χ2v) is 10.7. The van der Waals surface area contributed by atoms with Crippen LogP contribution in [-0.4, -0.2) is 67.3 Å². The molecule has 0 saturated carbocycles. The van der Waals surface area contributed by atoms with Crippen LogP contribution in [0.5, 0.6) is 0 Å². The van der Waals surface area contributed by atoms with Gasteiger partial charge in [-0.05, 0) is 18.2 Å². The summed E-state index contributed by atoms with van der Waals surface area (Å²) >= 11 is 0.0501. The highest BCUT2D eigenvalue weighted by Gasteiger charge is 2.25. The Morgan fingerprint density at radius 1 is 1.14 bits per heavy atom. The average Bonchev–Trinajstić information content (AvgIpc) is 3.56. The number of nitrogen functional groups attached to an aromatic ring is 1. The number of rotatable bonds is 9. The molecule has 0 aliphatic carbocycles. The molecule has 0 fully saturated rings. The summed E-state index contributed by atoms with van der Waals surface area (Å²) in [6, 6.07) is 5.92. The van der Waals surface area contributed by atoms with E-state index in [0.29, 0.717) is 45.9 Å². The van der Waals surface area contributed by atoms with Crippen LogP contribution >= 0.6 is 11.3 Å². The van der Waals surface area contributed by atoms with Crippen LogP contribution in [0.25, 0.3) is 43.8 Å². The Balaban J connectivity index is 1.67. The largest absolute Gasteiger partial charge is 0.611 e. The Bertz CT molecular complexity index is 1490. The van der Waals surface area contributed by atoms with Crippen molar-refractivity contribution in [2.45, 2.75) is 10.8 Å². The maximum atomic E-state index is 12.9. The summed E-state index contributed by atoms with van der Waals surface area (Å²) in [5.74, 6) is 0.364. The van der Waals surface area contributed by atoms with E-state index in [1.165, 1.54) is 11.3 Å². The molecule has 182 valence electrons. The summed E-state index contributed by atoms with van der Waals surface area (Å²) in [4.78, 5) is 10.1. The smallest absolute Gasteiger partial charge is 0.232 e. The lowest BCUT2D eigenvalue weighted by Gasteiger charge is -2.08. The van der Waals surface area contributed by atoms with Gasteiger partial charge in [0.2, 0.25) is 4.21 Å². The molecular formula is C23H25N7O3S2. The number of pyridine rings is 2. The van der Waals surface area contributed by atoms with Crippen molar-refractivity contribution in [1.29, 1.82) is 0 Å².